The summed E-state index contributed by atoms with van der Waals surface area (Å²) in [6.07, 6.45) is 2.83. The number of hydrogen-bond donors (Lipinski definition) is 1. The van der Waals surface area contributed by atoms with Crippen molar-refractivity contribution in [2.24, 2.45) is 0 Å². The summed E-state index contributed by atoms with van der Waals surface area (Å²) >= 11 is 7.08. The van der Waals surface area contributed by atoms with Crippen molar-refractivity contribution >= 4 is 48.6 Å². The minimum absolute atomic E-state index is 0.373. The molecule has 5 aromatic rings. The monoisotopic (exact) mass is 707 g/mol. The maximum absolute atomic E-state index is 6.46. The summed E-state index contributed by atoms with van der Waals surface area (Å²) in [7, 11) is 1.62. The van der Waals surface area contributed by atoms with Gasteiger partial charge in [0.15, 0.2) is 17.3 Å². The molecule has 222 valence electrons. The predicted molar refractivity (Wildman–Crippen MR) is 173 cm³/mol. The first kappa shape index (κ1) is 29.5. The lowest BCUT2D eigenvalue weighted by Gasteiger charge is -2.26. The summed E-state index contributed by atoms with van der Waals surface area (Å²) in [4.78, 5) is 11.9. The van der Waals surface area contributed by atoms with Crippen molar-refractivity contribution in [3.8, 4) is 34.1 Å². The third kappa shape index (κ3) is 7.15. The van der Waals surface area contributed by atoms with Gasteiger partial charge in [0.25, 0.3) is 0 Å². The lowest BCUT2D eigenvalue weighted by molar-refractivity contribution is 0.0357. The molecular weight excluding hydrogens is 678 g/mol. The van der Waals surface area contributed by atoms with E-state index < -0.39 is 0 Å². The molecule has 12 heteroatoms. The first-order chi connectivity index (χ1) is 20.9. The van der Waals surface area contributed by atoms with Crippen LogP contribution in [0.2, 0.25) is 0 Å². The topological polar surface area (TPSA) is 113 Å². The van der Waals surface area contributed by atoms with Gasteiger partial charge in [-0.15, -0.1) is 5.10 Å². The van der Waals surface area contributed by atoms with Gasteiger partial charge in [-0.2, -0.15) is 0 Å². The normalized spacial score (nSPS) is 13.8. The number of nitrogen functional groups attached to an aromatic ring is 1. The molecule has 43 heavy (non-hydrogen) atoms. The number of ether oxygens (including phenoxy) is 3. The molecule has 2 aromatic heterocycles. The highest BCUT2D eigenvalue weighted by Crippen LogP contribution is 2.35. The number of fused-ring (bicyclic) bond motifs is 1. The second kappa shape index (κ2) is 13.4. The molecule has 0 spiro atoms. The number of morpholine rings is 1. The van der Waals surface area contributed by atoms with Crippen LogP contribution in [0.5, 0.6) is 11.5 Å². The Morgan fingerprint density at radius 1 is 0.953 bits per heavy atom. The molecule has 3 heterocycles. The Hall–Kier alpha value is -3.58. The van der Waals surface area contributed by atoms with Gasteiger partial charge >= 0.3 is 0 Å². The number of methoxy groups -OCH3 is 1. The van der Waals surface area contributed by atoms with E-state index in [0.717, 1.165) is 70.6 Å². The molecule has 0 unspecified atom stereocenters. The molecule has 2 N–H and O–H groups in total. The summed E-state index contributed by atoms with van der Waals surface area (Å²) in [5.41, 5.74) is 10.7. The maximum atomic E-state index is 6.46. The molecule has 0 atom stereocenters. The maximum Gasteiger partial charge on any atom is 0.162 e. The Kier molecular flexibility index (Phi) is 9.17. The molecule has 0 aliphatic carbocycles. The van der Waals surface area contributed by atoms with Gasteiger partial charge in [-0.05, 0) is 42.3 Å². The van der Waals surface area contributed by atoms with Crippen LogP contribution in [0.3, 0.4) is 0 Å². The third-order valence-electron chi connectivity index (χ3n) is 7.21. The van der Waals surface area contributed by atoms with Crippen LogP contribution in [0.15, 0.2) is 69.7 Å². The molecule has 0 radical (unpaired) electrons. The molecule has 0 saturated carbocycles. The summed E-state index contributed by atoms with van der Waals surface area (Å²) < 4.78 is 21.0. The van der Waals surface area contributed by atoms with E-state index in [1.807, 2.05) is 53.3 Å². The molecule has 0 bridgehead atoms. The summed E-state index contributed by atoms with van der Waals surface area (Å²) in [5, 5.41) is 9.45. The summed E-state index contributed by atoms with van der Waals surface area (Å²) in [6.45, 7) is 5.63. The second-order valence-electron chi connectivity index (χ2n) is 10.3. The fraction of sp³-hybridized carbons (Fsp3) is 0.290. The van der Waals surface area contributed by atoms with Gasteiger partial charge in [-0.3, -0.25) is 4.90 Å². The number of hydrogen-bond acceptors (Lipinski definition) is 9. The molecule has 1 aliphatic heterocycles. The largest absolute Gasteiger partial charge is 0.493 e. The van der Waals surface area contributed by atoms with Crippen LogP contribution < -0.4 is 15.2 Å². The van der Waals surface area contributed by atoms with Crippen molar-refractivity contribution in [3.63, 3.8) is 0 Å². The Bertz CT molecular complexity index is 1720. The van der Waals surface area contributed by atoms with E-state index >= 15 is 0 Å². The molecule has 3 aromatic carbocycles. The minimum atomic E-state index is 0.373. The van der Waals surface area contributed by atoms with E-state index in [-0.39, 0.29) is 0 Å². The van der Waals surface area contributed by atoms with Crippen molar-refractivity contribution in [2.75, 3.05) is 52.3 Å². The van der Waals surface area contributed by atoms with Crippen LogP contribution in [0.1, 0.15) is 12.0 Å². The zero-order valence-electron chi connectivity index (χ0n) is 23.7. The van der Waals surface area contributed by atoms with Crippen LogP contribution >= 0.6 is 31.9 Å². The Labute approximate surface area is 266 Å². The Morgan fingerprint density at radius 3 is 2.53 bits per heavy atom. The van der Waals surface area contributed by atoms with Gasteiger partial charge in [0.1, 0.15) is 11.5 Å². The minimum Gasteiger partial charge on any atom is -0.493 e. The van der Waals surface area contributed by atoms with Crippen LogP contribution in [0.25, 0.3) is 33.5 Å². The van der Waals surface area contributed by atoms with Gasteiger partial charge in [-0.1, -0.05) is 55.3 Å². The van der Waals surface area contributed by atoms with E-state index in [0.29, 0.717) is 47.2 Å². The van der Waals surface area contributed by atoms with Gasteiger partial charge in [0, 0.05) is 51.2 Å². The van der Waals surface area contributed by atoms with E-state index in [2.05, 4.69) is 64.2 Å². The average molecular weight is 709 g/mol. The first-order valence-corrected chi connectivity index (χ1v) is 15.6. The Morgan fingerprint density at radius 2 is 1.74 bits per heavy atom. The highest BCUT2D eigenvalue weighted by Gasteiger charge is 2.15. The van der Waals surface area contributed by atoms with Crippen LogP contribution in [0.4, 0.5) is 5.82 Å². The smallest absolute Gasteiger partial charge is 0.162 e. The van der Waals surface area contributed by atoms with E-state index in [4.69, 9.17) is 24.9 Å². The van der Waals surface area contributed by atoms with E-state index in [1.165, 1.54) is 0 Å². The molecule has 1 fully saturated rings. The fourth-order valence-corrected chi connectivity index (χ4v) is 6.46. The third-order valence-corrected chi connectivity index (χ3v) is 8.13. The van der Waals surface area contributed by atoms with Gasteiger partial charge in [-0.25, -0.2) is 14.6 Å². The number of rotatable bonds is 10. The zero-order valence-corrected chi connectivity index (χ0v) is 26.8. The molecular formula is C31H31Br2N7O3. The second-order valence-corrected chi connectivity index (χ2v) is 12.1. The predicted octanol–water partition coefficient (Wildman–Crippen LogP) is 5.82. The van der Waals surface area contributed by atoms with Gasteiger partial charge < -0.3 is 19.9 Å². The van der Waals surface area contributed by atoms with Gasteiger partial charge in [0.2, 0.25) is 0 Å². The quantitative estimate of drug-likeness (QED) is 0.179. The number of halogens is 2. The molecule has 6 rings (SSSR count). The van der Waals surface area contributed by atoms with Gasteiger partial charge in [0.05, 0.1) is 45.2 Å². The van der Waals surface area contributed by atoms with Crippen molar-refractivity contribution in [2.45, 2.75) is 13.0 Å². The van der Waals surface area contributed by atoms with Crippen molar-refractivity contribution in [1.29, 1.82) is 0 Å². The lowest BCUT2D eigenvalue weighted by Crippen LogP contribution is -2.37. The lowest BCUT2D eigenvalue weighted by atomic mass is 10.1. The van der Waals surface area contributed by atoms with Crippen molar-refractivity contribution in [3.05, 3.63) is 75.3 Å². The highest BCUT2D eigenvalue weighted by atomic mass is 79.9. The van der Waals surface area contributed by atoms with Crippen LogP contribution in [-0.4, -0.2) is 76.4 Å². The number of aromatic nitrogens is 5. The van der Waals surface area contributed by atoms with Crippen LogP contribution in [-0.2, 0) is 11.3 Å². The van der Waals surface area contributed by atoms with E-state index in [9.17, 15) is 0 Å². The number of anilines is 1. The van der Waals surface area contributed by atoms with Crippen molar-refractivity contribution in [1.82, 2.24) is 29.9 Å². The van der Waals surface area contributed by atoms with E-state index in [1.54, 1.807) is 7.11 Å². The molecule has 1 aliphatic rings. The van der Waals surface area contributed by atoms with Crippen molar-refractivity contribution < 1.29 is 14.2 Å². The summed E-state index contributed by atoms with van der Waals surface area (Å²) in [5.74, 6) is 2.11. The molecule has 1 saturated heterocycles. The number of nitrogens with two attached hydrogens (primary N) is 1. The zero-order chi connectivity index (χ0) is 29.8. The first-order valence-electron chi connectivity index (χ1n) is 14.0. The molecule has 0 amide bonds. The summed E-state index contributed by atoms with van der Waals surface area (Å²) in [6, 6.07) is 17.7. The number of nitrogens with zero attached hydrogens (tertiary/aromatic N) is 6. The standard InChI is InChI=1S/C31H31Br2N7O3/c1-41-28-17-26-25(16-29(28)43-9-3-6-39-7-10-42-11-8-39)30(34)36-31(35-26)22-5-2-4-21(14-22)27-19-40(38-37-27)18-20-12-23(32)15-24(33)13-20/h2,4-5,12-17,19H,3,6-11,18H2,1H3,(H2,34,35,36). The Balaban J connectivity index is 1.19. The SMILES string of the molecule is COc1cc2nc(-c3cccc(-c4cn(Cc5cc(Br)cc(Br)c5)nn4)c3)nc(N)c2cc1OCCCN1CCOCC1. The number of benzene rings is 3. The average Bonchev–Trinajstić information content (AvgIpc) is 3.47. The fourth-order valence-electron chi connectivity index (χ4n) is 5.07. The highest BCUT2D eigenvalue weighted by molar-refractivity contribution is 9.11. The molecule has 10 nitrogen and oxygen atoms in total. The van der Waals surface area contributed by atoms with Crippen LogP contribution in [0, 0.1) is 0 Å².